The van der Waals surface area contributed by atoms with Crippen molar-refractivity contribution in [3.8, 4) is 11.1 Å². The predicted octanol–water partition coefficient (Wildman–Crippen LogP) is 6.98. The number of benzene rings is 4. The molecule has 0 aliphatic carbocycles. The minimum atomic E-state index is -0.134. The molecule has 212 valence electrons. The van der Waals surface area contributed by atoms with Crippen molar-refractivity contribution in [2.45, 2.75) is 57.8 Å². The van der Waals surface area contributed by atoms with Crippen molar-refractivity contribution in [3.63, 3.8) is 0 Å². The molecule has 4 heteroatoms. The van der Waals surface area contributed by atoms with Crippen molar-refractivity contribution >= 4 is 5.91 Å². The third-order valence-electron chi connectivity index (χ3n) is 8.42. The van der Waals surface area contributed by atoms with Crippen LogP contribution in [-0.2, 0) is 24.3 Å². The SMILES string of the molecule is C[C@@H](CC(Cc1ccc(-c2ccccc2)cc1)N(Cc1ccccc1)Cc1ccccc1)C(=O)N1CCC[C@@H]1CO. The molecule has 4 aromatic carbocycles. The molecule has 0 spiro atoms. The fourth-order valence-electron chi connectivity index (χ4n) is 6.16. The summed E-state index contributed by atoms with van der Waals surface area (Å²) in [6.45, 7) is 4.49. The number of aliphatic hydroxyl groups excluding tert-OH is 1. The number of aliphatic hydroxyl groups is 1. The number of hydrogen-bond acceptors (Lipinski definition) is 3. The Morgan fingerprint density at radius 2 is 1.32 bits per heavy atom. The van der Waals surface area contributed by atoms with Gasteiger partial charge >= 0.3 is 0 Å². The van der Waals surface area contributed by atoms with E-state index in [2.05, 4.69) is 121 Å². The Morgan fingerprint density at radius 3 is 1.88 bits per heavy atom. The Balaban J connectivity index is 1.42. The normalized spacial score (nSPS) is 16.6. The minimum Gasteiger partial charge on any atom is -0.394 e. The summed E-state index contributed by atoms with van der Waals surface area (Å²) in [6, 6.07) is 40.8. The molecule has 0 bridgehead atoms. The molecule has 4 nitrogen and oxygen atoms in total. The highest BCUT2D eigenvalue weighted by molar-refractivity contribution is 5.79. The van der Waals surface area contributed by atoms with Gasteiger partial charge in [-0.1, -0.05) is 122 Å². The van der Waals surface area contributed by atoms with Crippen LogP contribution in [0, 0.1) is 5.92 Å². The summed E-state index contributed by atoms with van der Waals surface area (Å²) in [5, 5.41) is 9.86. The molecule has 1 unspecified atom stereocenters. The maximum absolute atomic E-state index is 13.6. The van der Waals surface area contributed by atoms with Crippen LogP contribution in [0.15, 0.2) is 115 Å². The van der Waals surface area contributed by atoms with E-state index in [0.717, 1.165) is 45.3 Å². The highest BCUT2D eigenvalue weighted by Crippen LogP contribution is 2.27. The predicted molar refractivity (Wildman–Crippen MR) is 167 cm³/mol. The molecule has 4 aromatic rings. The van der Waals surface area contributed by atoms with Crippen LogP contribution in [0.3, 0.4) is 0 Å². The molecule has 41 heavy (non-hydrogen) atoms. The van der Waals surface area contributed by atoms with E-state index in [9.17, 15) is 9.90 Å². The zero-order valence-electron chi connectivity index (χ0n) is 24.1. The molecule has 1 aliphatic rings. The first-order valence-electron chi connectivity index (χ1n) is 15.0. The second-order valence-electron chi connectivity index (χ2n) is 11.4. The first kappa shape index (κ1) is 28.8. The molecule has 0 aromatic heterocycles. The minimum absolute atomic E-state index is 0.0429. The van der Waals surface area contributed by atoms with Crippen LogP contribution in [0.5, 0.6) is 0 Å². The summed E-state index contributed by atoms with van der Waals surface area (Å²) >= 11 is 0. The third-order valence-corrected chi connectivity index (χ3v) is 8.42. The van der Waals surface area contributed by atoms with Gasteiger partial charge in [0.1, 0.15) is 0 Å². The Morgan fingerprint density at radius 1 is 0.780 bits per heavy atom. The van der Waals surface area contributed by atoms with Crippen LogP contribution in [0.2, 0.25) is 0 Å². The van der Waals surface area contributed by atoms with Gasteiger partial charge in [-0.15, -0.1) is 0 Å². The van der Waals surface area contributed by atoms with Crippen LogP contribution in [-0.4, -0.2) is 46.0 Å². The maximum Gasteiger partial charge on any atom is 0.225 e. The monoisotopic (exact) mass is 546 g/mol. The number of hydrogen-bond donors (Lipinski definition) is 1. The second-order valence-corrected chi connectivity index (χ2v) is 11.4. The van der Waals surface area contributed by atoms with Crippen molar-refractivity contribution in [1.82, 2.24) is 9.80 Å². The smallest absolute Gasteiger partial charge is 0.225 e. The van der Waals surface area contributed by atoms with E-state index in [1.165, 1.54) is 27.8 Å². The number of carbonyl (C=O) groups is 1. The van der Waals surface area contributed by atoms with Crippen LogP contribution < -0.4 is 0 Å². The quantitative estimate of drug-likeness (QED) is 0.209. The molecule has 1 heterocycles. The highest BCUT2D eigenvalue weighted by Gasteiger charge is 2.33. The summed E-state index contributed by atoms with van der Waals surface area (Å²) in [5.41, 5.74) is 6.24. The lowest BCUT2D eigenvalue weighted by molar-refractivity contribution is -0.137. The number of nitrogens with zero attached hydrogens (tertiary/aromatic N) is 2. The Kier molecular flexibility index (Phi) is 10.0. The van der Waals surface area contributed by atoms with Gasteiger partial charge in [0, 0.05) is 31.6 Å². The lowest BCUT2D eigenvalue weighted by Crippen LogP contribution is -2.44. The summed E-state index contributed by atoms with van der Waals surface area (Å²) in [6.07, 6.45) is 3.47. The molecule has 0 radical (unpaired) electrons. The third kappa shape index (κ3) is 7.72. The molecule has 1 fully saturated rings. The van der Waals surface area contributed by atoms with Crippen LogP contribution >= 0.6 is 0 Å². The number of likely N-dealkylation sites (tertiary alicyclic amines) is 1. The molecule has 3 atom stereocenters. The van der Waals surface area contributed by atoms with E-state index in [1.54, 1.807) is 0 Å². The average molecular weight is 547 g/mol. The van der Waals surface area contributed by atoms with Crippen molar-refractivity contribution in [1.29, 1.82) is 0 Å². The van der Waals surface area contributed by atoms with Gasteiger partial charge in [-0.25, -0.2) is 0 Å². The molecular formula is C37H42N2O2. The van der Waals surface area contributed by atoms with E-state index in [0.29, 0.717) is 0 Å². The van der Waals surface area contributed by atoms with Gasteiger partial charge in [0.25, 0.3) is 0 Å². The lowest BCUT2D eigenvalue weighted by Gasteiger charge is -2.35. The number of carbonyl (C=O) groups excluding carboxylic acids is 1. The summed E-state index contributed by atoms with van der Waals surface area (Å²) in [4.78, 5) is 18.1. The van der Waals surface area contributed by atoms with E-state index in [4.69, 9.17) is 0 Å². The van der Waals surface area contributed by atoms with Gasteiger partial charge < -0.3 is 10.0 Å². The number of amides is 1. The molecule has 0 saturated carbocycles. The van der Waals surface area contributed by atoms with Crippen LogP contribution in [0.1, 0.15) is 42.9 Å². The highest BCUT2D eigenvalue weighted by atomic mass is 16.3. The fraction of sp³-hybridized carbons (Fsp3) is 0.324. The first-order chi connectivity index (χ1) is 20.1. The second kappa shape index (κ2) is 14.2. The van der Waals surface area contributed by atoms with Crippen LogP contribution in [0.4, 0.5) is 0 Å². The van der Waals surface area contributed by atoms with Gasteiger partial charge in [-0.2, -0.15) is 0 Å². The van der Waals surface area contributed by atoms with Crippen molar-refractivity contribution in [2.75, 3.05) is 13.2 Å². The van der Waals surface area contributed by atoms with Gasteiger partial charge in [-0.05, 0) is 53.5 Å². The lowest BCUT2D eigenvalue weighted by atomic mass is 9.92. The summed E-state index contributed by atoms with van der Waals surface area (Å²) < 4.78 is 0. The van der Waals surface area contributed by atoms with Crippen molar-refractivity contribution in [3.05, 3.63) is 132 Å². The van der Waals surface area contributed by atoms with Gasteiger partial charge in [-0.3, -0.25) is 9.69 Å². The molecule has 1 aliphatic heterocycles. The summed E-state index contributed by atoms with van der Waals surface area (Å²) in [5.74, 6) is 0.0372. The fourth-order valence-corrected chi connectivity index (χ4v) is 6.16. The zero-order chi connectivity index (χ0) is 28.4. The van der Waals surface area contributed by atoms with Gasteiger partial charge in [0.05, 0.1) is 12.6 Å². The van der Waals surface area contributed by atoms with Crippen molar-refractivity contribution < 1.29 is 9.90 Å². The van der Waals surface area contributed by atoms with Gasteiger partial charge in [0.15, 0.2) is 0 Å². The number of rotatable bonds is 12. The van der Waals surface area contributed by atoms with Crippen LogP contribution in [0.25, 0.3) is 11.1 Å². The van der Waals surface area contributed by atoms with E-state index in [1.807, 2.05) is 11.0 Å². The molecule has 1 N–H and O–H groups in total. The molecule has 1 amide bonds. The van der Waals surface area contributed by atoms with E-state index in [-0.39, 0.29) is 30.5 Å². The zero-order valence-corrected chi connectivity index (χ0v) is 24.1. The van der Waals surface area contributed by atoms with E-state index < -0.39 is 0 Å². The largest absolute Gasteiger partial charge is 0.394 e. The summed E-state index contributed by atoms with van der Waals surface area (Å²) in [7, 11) is 0. The molecule has 1 saturated heterocycles. The van der Waals surface area contributed by atoms with Gasteiger partial charge in [0.2, 0.25) is 5.91 Å². The first-order valence-corrected chi connectivity index (χ1v) is 15.0. The standard InChI is InChI=1S/C37H42N2O2/c1-29(37(41)39-23-11-18-35(39)28-40)24-36(25-30-19-21-34(22-20-30)33-16-9-4-10-17-33)38(26-31-12-5-2-6-13-31)27-32-14-7-3-8-15-32/h2-10,12-17,19-22,29,35-36,40H,11,18,23-28H2,1H3/t29-,35+,36?/m0/s1. The maximum atomic E-state index is 13.6. The average Bonchev–Trinajstić information content (AvgIpc) is 3.51. The molecular weight excluding hydrogens is 504 g/mol. The Bertz CT molecular complexity index is 1300. The Hall–Kier alpha value is -3.73. The Labute approximate surface area is 245 Å². The van der Waals surface area contributed by atoms with E-state index >= 15 is 0 Å². The molecule has 5 rings (SSSR count). The van der Waals surface area contributed by atoms with Crippen molar-refractivity contribution in [2.24, 2.45) is 5.92 Å². The topological polar surface area (TPSA) is 43.8 Å².